The summed E-state index contributed by atoms with van der Waals surface area (Å²) in [7, 11) is 1.62. The summed E-state index contributed by atoms with van der Waals surface area (Å²) < 4.78 is 10.7. The molecule has 6 nitrogen and oxygen atoms in total. The molecule has 0 atom stereocenters. The molecule has 0 saturated heterocycles. The Morgan fingerprint density at radius 1 is 1.23 bits per heavy atom. The number of nitrogens with one attached hydrogen (secondary N) is 1. The molecule has 2 N–H and O–H groups in total. The predicted molar refractivity (Wildman–Crippen MR) is 95.7 cm³/mol. The number of hydrogen-bond donors (Lipinski definition) is 2. The summed E-state index contributed by atoms with van der Waals surface area (Å²) in [6.45, 7) is 1.79. The van der Waals surface area contributed by atoms with Gasteiger partial charge in [-0.1, -0.05) is 31.9 Å². The zero-order valence-electron chi connectivity index (χ0n) is 15.0. The van der Waals surface area contributed by atoms with Crippen LogP contribution >= 0.6 is 0 Å². The lowest BCUT2D eigenvalue weighted by Gasteiger charge is -2.30. The number of carbonyl (C=O) groups is 2. The van der Waals surface area contributed by atoms with E-state index < -0.39 is 11.5 Å². The van der Waals surface area contributed by atoms with Crippen molar-refractivity contribution in [1.29, 1.82) is 0 Å². The molecule has 6 heteroatoms. The maximum Gasteiger partial charge on any atom is 0.339 e. The van der Waals surface area contributed by atoms with Crippen molar-refractivity contribution in [2.24, 2.45) is 0 Å². The van der Waals surface area contributed by atoms with Gasteiger partial charge in [-0.25, -0.2) is 4.79 Å². The number of furan rings is 1. The number of benzene rings is 1. The Morgan fingerprint density at radius 2 is 1.88 bits per heavy atom. The van der Waals surface area contributed by atoms with Gasteiger partial charge in [-0.2, -0.15) is 0 Å². The van der Waals surface area contributed by atoms with Crippen molar-refractivity contribution < 1.29 is 23.8 Å². The summed E-state index contributed by atoms with van der Waals surface area (Å²) in [5.41, 5.74) is 0.596. The Bertz CT molecular complexity index is 800. The minimum atomic E-state index is -1.09. The number of rotatable bonds is 6. The third-order valence-corrected chi connectivity index (χ3v) is 5.04. The lowest BCUT2D eigenvalue weighted by Crippen LogP contribution is -2.43. The van der Waals surface area contributed by atoms with Crippen LogP contribution in [0.25, 0.3) is 0 Å². The number of ether oxygens (including phenoxy) is 1. The molecule has 0 bridgehead atoms. The summed E-state index contributed by atoms with van der Waals surface area (Å²) in [5.74, 6) is -0.357. The Morgan fingerprint density at radius 3 is 2.38 bits per heavy atom. The number of methoxy groups -OCH3 is 1. The highest BCUT2D eigenvalue weighted by Gasteiger charge is 2.38. The quantitative estimate of drug-likeness (QED) is 0.822. The summed E-state index contributed by atoms with van der Waals surface area (Å²) in [5, 5.41) is 12.4. The second-order valence-corrected chi connectivity index (χ2v) is 6.58. The van der Waals surface area contributed by atoms with E-state index in [4.69, 9.17) is 9.15 Å². The van der Waals surface area contributed by atoms with Gasteiger partial charge in [0.2, 0.25) is 0 Å². The minimum Gasteiger partial charge on any atom is -0.497 e. The zero-order chi connectivity index (χ0) is 18.7. The predicted octanol–water partition coefficient (Wildman–Crippen LogP) is 3.75. The highest BCUT2D eigenvalue weighted by atomic mass is 16.5. The Labute approximate surface area is 152 Å². The summed E-state index contributed by atoms with van der Waals surface area (Å²) in [6, 6.07) is 9.00. The van der Waals surface area contributed by atoms with Crippen LogP contribution in [0.15, 0.2) is 34.7 Å². The van der Waals surface area contributed by atoms with Crippen molar-refractivity contribution in [2.45, 2.75) is 44.6 Å². The number of carboxylic acid groups (broad SMARTS) is 1. The molecule has 1 aromatic carbocycles. The first kappa shape index (κ1) is 18.0. The second kappa shape index (κ2) is 7.23. The highest BCUT2D eigenvalue weighted by Crippen LogP contribution is 2.39. The van der Waals surface area contributed by atoms with Gasteiger partial charge in [0.1, 0.15) is 17.1 Å². The van der Waals surface area contributed by atoms with Crippen LogP contribution in [-0.2, 0) is 12.0 Å². The van der Waals surface area contributed by atoms with Crippen LogP contribution in [0.2, 0.25) is 0 Å². The molecule has 1 aromatic heterocycles. The fourth-order valence-electron chi connectivity index (χ4n) is 3.64. The van der Waals surface area contributed by atoms with E-state index in [0.29, 0.717) is 12.2 Å². The first-order valence-corrected chi connectivity index (χ1v) is 8.82. The van der Waals surface area contributed by atoms with Gasteiger partial charge in [-0.05, 0) is 30.5 Å². The first-order chi connectivity index (χ1) is 12.5. The van der Waals surface area contributed by atoms with Gasteiger partial charge in [-0.15, -0.1) is 0 Å². The van der Waals surface area contributed by atoms with Crippen LogP contribution in [0.1, 0.15) is 64.8 Å². The third-order valence-electron chi connectivity index (χ3n) is 5.04. The van der Waals surface area contributed by atoms with E-state index in [1.165, 1.54) is 6.07 Å². The second-order valence-electron chi connectivity index (χ2n) is 6.58. The summed E-state index contributed by atoms with van der Waals surface area (Å²) in [6.07, 6.45) is 4.12. The molecule has 138 valence electrons. The average molecular weight is 357 g/mol. The van der Waals surface area contributed by atoms with E-state index in [9.17, 15) is 14.7 Å². The number of carboxylic acids is 1. The standard InChI is InChI=1S/C20H23NO5/c1-3-16-15(19(23)24)12-17(26-16)18(22)21-20(10-4-5-11-20)13-6-8-14(25-2)9-7-13/h6-9,12H,3-5,10-11H2,1-2H3,(H,21,22)(H,23,24). The van der Waals surface area contributed by atoms with Gasteiger partial charge in [0.15, 0.2) is 5.76 Å². The topological polar surface area (TPSA) is 88.8 Å². The molecule has 1 aliphatic rings. The zero-order valence-corrected chi connectivity index (χ0v) is 15.0. The average Bonchev–Trinajstić information content (AvgIpc) is 3.29. The van der Waals surface area contributed by atoms with Gasteiger partial charge in [0, 0.05) is 12.5 Å². The number of carbonyl (C=O) groups excluding carboxylic acids is 1. The molecule has 1 fully saturated rings. The molecule has 0 radical (unpaired) electrons. The number of amides is 1. The van der Waals surface area contributed by atoms with Crippen LogP contribution in [0.3, 0.4) is 0 Å². The fourth-order valence-corrected chi connectivity index (χ4v) is 3.64. The van der Waals surface area contributed by atoms with Crippen molar-refractivity contribution >= 4 is 11.9 Å². The van der Waals surface area contributed by atoms with Gasteiger partial charge >= 0.3 is 5.97 Å². The number of aryl methyl sites for hydroxylation is 1. The lowest BCUT2D eigenvalue weighted by atomic mass is 9.88. The molecule has 3 rings (SSSR count). The molecule has 1 saturated carbocycles. The first-order valence-electron chi connectivity index (χ1n) is 8.82. The van der Waals surface area contributed by atoms with Gasteiger partial charge < -0.3 is 19.6 Å². The lowest BCUT2D eigenvalue weighted by molar-refractivity contribution is 0.0694. The maximum atomic E-state index is 12.8. The largest absolute Gasteiger partial charge is 0.497 e. The van der Waals surface area contributed by atoms with E-state index in [0.717, 1.165) is 37.0 Å². The van der Waals surface area contributed by atoms with E-state index >= 15 is 0 Å². The molecular formula is C20H23NO5. The van der Waals surface area contributed by atoms with E-state index in [1.54, 1.807) is 14.0 Å². The molecule has 26 heavy (non-hydrogen) atoms. The van der Waals surface area contributed by atoms with Crippen LogP contribution in [-0.4, -0.2) is 24.1 Å². The van der Waals surface area contributed by atoms with Crippen LogP contribution < -0.4 is 10.1 Å². The smallest absolute Gasteiger partial charge is 0.339 e. The highest BCUT2D eigenvalue weighted by molar-refractivity contribution is 5.96. The normalized spacial score (nSPS) is 15.6. The molecule has 2 aromatic rings. The van der Waals surface area contributed by atoms with E-state index in [2.05, 4.69) is 5.32 Å². The van der Waals surface area contributed by atoms with Crippen LogP contribution in [0.4, 0.5) is 0 Å². The Balaban J connectivity index is 1.88. The minimum absolute atomic E-state index is 0.0408. The molecule has 0 aliphatic heterocycles. The number of hydrogen-bond acceptors (Lipinski definition) is 4. The SMILES string of the molecule is CCc1oc(C(=O)NC2(c3ccc(OC)cc3)CCCC2)cc1C(=O)O. The fraction of sp³-hybridized carbons (Fsp3) is 0.400. The monoisotopic (exact) mass is 357 g/mol. The van der Waals surface area contributed by atoms with Gasteiger partial charge in [0.05, 0.1) is 12.6 Å². The Hall–Kier alpha value is -2.76. The van der Waals surface area contributed by atoms with Crippen molar-refractivity contribution in [3.63, 3.8) is 0 Å². The molecule has 1 amide bonds. The molecule has 1 aliphatic carbocycles. The molecule has 1 heterocycles. The number of aromatic carboxylic acids is 1. The molecule has 0 unspecified atom stereocenters. The van der Waals surface area contributed by atoms with E-state index in [-0.39, 0.29) is 17.2 Å². The van der Waals surface area contributed by atoms with Gasteiger partial charge in [-0.3, -0.25) is 4.79 Å². The van der Waals surface area contributed by atoms with Crippen molar-refractivity contribution in [1.82, 2.24) is 5.32 Å². The molecule has 0 spiro atoms. The summed E-state index contributed by atoms with van der Waals surface area (Å²) in [4.78, 5) is 24.1. The summed E-state index contributed by atoms with van der Waals surface area (Å²) >= 11 is 0. The van der Waals surface area contributed by atoms with Crippen LogP contribution in [0, 0.1) is 0 Å². The van der Waals surface area contributed by atoms with Crippen molar-refractivity contribution in [2.75, 3.05) is 7.11 Å². The van der Waals surface area contributed by atoms with E-state index in [1.807, 2.05) is 24.3 Å². The maximum absolute atomic E-state index is 12.8. The van der Waals surface area contributed by atoms with Crippen LogP contribution in [0.5, 0.6) is 5.75 Å². The Kier molecular flexibility index (Phi) is 5.02. The third kappa shape index (κ3) is 3.31. The molecular weight excluding hydrogens is 334 g/mol. The van der Waals surface area contributed by atoms with Crippen molar-refractivity contribution in [3.8, 4) is 5.75 Å². The van der Waals surface area contributed by atoms with Crippen molar-refractivity contribution in [3.05, 3.63) is 53.0 Å². The van der Waals surface area contributed by atoms with Gasteiger partial charge in [0.25, 0.3) is 5.91 Å².